The number of hydrogen-bond donors (Lipinski definition) is 1. The molecule has 1 heteroatoms. The number of hydrogen-bond acceptors (Lipinski definition) is 1. The van der Waals surface area contributed by atoms with Crippen molar-refractivity contribution in [2.24, 2.45) is 5.92 Å². The van der Waals surface area contributed by atoms with Crippen molar-refractivity contribution in [3.05, 3.63) is 34.4 Å². The minimum atomic E-state index is 0.554. The van der Waals surface area contributed by atoms with Gasteiger partial charge in [0.05, 0.1) is 0 Å². The van der Waals surface area contributed by atoms with E-state index in [0.717, 1.165) is 12.5 Å². The highest BCUT2D eigenvalue weighted by Crippen LogP contribution is 2.36. The van der Waals surface area contributed by atoms with Gasteiger partial charge in [0.1, 0.15) is 0 Å². The lowest BCUT2D eigenvalue weighted by atomic mass is 9.83. The highest BCUT2D eigenvalue weighted by molar-refractivity contribution is 5.40. The van der Waals surface area contributed by atoms with Gasteiger partial charge in [-0.1, -0.05) is 50.3 Å². The lowest BCUT2D eigenvalue weighted by Gasteiger charge is -2.30. The van der Waals surface area contributed by atoms with E-state index in [4.69, 9.17) is 0 Å². The summed E-state index contributed by atoms with van der Waals surface area (Å²) < 4.78 is 0. The Balaban J connectivity index is 2.32. The molecule has 1 unspecified atom stereocenters. The van der Waals surface area contributed by atoms with Gasteiger partial charge in [-0.25, -0.2) is 0 Å². The molecule has 0 amide bonds. The molecule has 0 saturated heterocycles. The predicted octanol–water partition coefficient (Wildman–Crippen LogP) is 5.23. The number of aryl methyl sites for hydroxylation is 3. The van der Waals surface area contributed by atoms with Gasteiger partial charge in [-0.05, 0) is 62.8 Å². The van der Waals surface area contributed by atoms with Gasteiger partial charge in [-0.3, -0.25) is 0 Å². The Morgan fingerprint density at radius 1 is 1.00 bits per heavy atom. The van der Waals surface area contributed by atoms with E-state index in [2.05, 4.69) is 45.1 Å². The summed E-state index contributed by atoms with van der Waals surface area (Å²) in [6, 6.07) is 5.26. The molecule has 1 fully saturated rings. The summed E-state index contributed by atoms with van der Waals surface area (Å²) in [6.45, 7) is 10.1. The molecule has 0 aliphatic heterocycles. The van der Waals surface area contributed by atoms with Crippen LogP contribution in [0.3, 0.4) is 0 Å². The van der Waals surface area contributed by atoms with Crippen LogP contribution in [0, 0.1) is 26.7 Å². The van der Waals surface area contributed by atoms with Crippen LogP contribution in [0.15, 0.2) is 12.1 Å². The topological polar surface area (TPSA) is 12.0 Å². The summed E-state index contributed by atoms with van der Waals surface area (Å²) in [5.41, 5.74) is 5.90. The molecule has 1 aromatic carbocycles. The third-order valence-corrected chi connectivity index (χ3v) is 4.84. The van der Waals surface area contributed by atoms with Gasteiger partial charge >= 0.3 is 0 Å². The van der Waals surface area contributed by atoms with Crippen LogP contribution in [-0.4, -0.2) is 6.54 Å². The van der Waals surface area contributed by atoms with Gasteiger partial charge in [0.25, 0.3) is 0 Å². The minimum absolute atomic E-state index is 0.554. The largest absolute Gasteiger partial charge is 0.310 e. The lowest BCUT2D eigenvalue weighted by molar-refractivity contribution is 0.328. The van der Waals surface area contributed by atoms with Crippen LogP contribution in [0.5, 0.6) is 0 Å². The van der Waals surface area contributed by atoms with Crippen molar-refractivity contribution < 1.29 is 0 Å². The monoisotopic (exact) mass is 273 g/mol. The molecular formula is C19H31N. The summed E-state index contributed by atoms with van der Waals surface area (Å²) in [5.74, 6) is 0.817. The highest BCUT2D eigenvalue weighted by Gasteiger charge is 2.25. The molecule has 0 bridgehead atoms. The van der Waals surface area contributed by atoms with E-state index >= 15 is 0 Å². The van der Waals surface area contributed by atoms with Crippen LogP contribution in [-0.2, 0) is 0 Å². The van der Waals surface area contributed by atoms with Gasteiger partial charge in [-0.15, -0.1) is 0 Å². The van der Waals surface area contributed by atoms with E-state index in [-0.39, 0.29) is 0 Å². The second-order valence-corrected chi connectivity index (χ2v) is 6.60. The first-order chi connectivity index (χ1) is 9.63. The molecule has 1 aromatic rings. The minimum Gasteiger partial charge on any atom is -0.310 e. The van der Waals surface area contributed by atoms with Gasteiger partial charge in [0.15, 0.2) is 0 Å². The average Bonchev–Trinajstić information content (AvgIpc) is 2.65. The maximum Gasteiger partial charge on any atom is 0.0353 e. The van der Waals surface area contributed by atoms with Crippen LogP contribution >= 0.6 is 0 Å². The van der Waals surface area contributed by atoms with Crippen molar-refractivity contribution in [3.63, 3.8) is 0 Å². The molecule has 1 nitrogen and oxygen atoms in total. The molecule has 1 N–H and O–H groups in total. The zero-order valence-corrected chi connectivity index (χ0v) is 13.8. The maximum absolute atomic E-state index is 3.80. The quantitative estimate of drug-likeness (QED) is 0.740. The fourth-order valence-corrected chi connectivity index (χ4v) is 4.05. The number of rotatable bonds is 4. The molecule has 0 spiro atoms. The SMILES string of the molecule is CCNC(c1c(C)cc(C)cc1C)C1CCCCCC1. The average molecular weight is 273 g/mol. The molecule has 2 rings (SSSR count). The van der Waals surface area contributed by atoms with Gasteiger partial charge < -0.3 is 5.32 Å². The third-order valence-electron chi connectivity index (χ3n) is 4.84. The fourth-order valence-electron chi connectivity index (χ4n) is 4.05. The summed E-state index contributed by atoms with van der Waals surface area (Å²) in [5, 5.41) is 3.80. The molecule has 0 heterocycles. The first-order valence-electron chi connectivity index (χ1n) is 8.44. The Labute approximate surface area is 125 Å². The Morgan fingerprint density at radius 2 is 1.55 bits per heavy atom. The van der Waals surface area contributed by atoms with Gasteiger partial charge in [0.2, 0.25) is 0 Å². The van der Waals surface area contributed by atoms with Crippen molar-refractivity contribution in [3.8, 4) is 0 Å². The molecule has 0 aromatic heterocycles. The van der Waals surface area contributed by atoms with E-state index < -0.39 is 0 Å². The normalized spacial score (nSPS) is 18.8. The Hall–Kier alpha value is -0.820. The maximum atomic E-state index is 3.80. The van der Waals surface area contributed by atoms with E-state index in [1.54, 1.807) is 5.56 Å². The summed E-state index contributed by atoms with van der Waals surface area (Å²) in [7, 11) is 0. The molecular weight excluding hydrogens is 242 g/mol. The van der Waals surface area contributed by atoms with Crippen molar-refractivity contribution in [1.29, 1.82) is 0 Å². The fraction of sp³-hybridized carbons (Fsp3) is 0.684. The number of benzene rings is 1. The van der Waals surface area contributed by atoms with Crippen molar-refractivity contribution in [2.45, 2.75) is 72.3 Å². The molecule has 1 aliphatic rings. The second kappa shape index (κ2) is 7.26. The second-order valence-electron chi connectivity index (χ2n) is 6.60. The van der Waals surface area contributed by atoms with Crippen molar-refractivity contribution >= 4 is 0 Å². The summed E-state index contributed by atoms with van der Waals surface area (Å²) in [4.78, 5) is 0. The Bertz CT molecular complexity index is 404. The Morgan fingerprint density at radius 3 is 2.05 bits per heavy atom. The highest BCUT2D eigenvalue weighted by atomic mass is 14.9. The number of nitrogens with one attached hydrogen (secondary N) is 1. The third kappa shape index (κ3) is 3.63. The van der Waals surface area contributed by atoms with Crippen molar-refractivity contribution in [1.82, 2.24) is 5.32 Å². The molecule has 1 aliphatic carbocycles. The smallest absolute Gasteiger partial charge is 0.0353 e. The lowest BCUT2D eigenvalue weighted by Crippen LogP contribution is -2.29. The molecule has 1 atom stereocenters. The Kier molecular flexibility index (Phi) is 5.65. The molecule has 1 saturated carbocycles. The van der Waals surface area contributed by atoms with Crippen LogP contribution in [0.1, 0.15) is 73.7 Å². The van der Waals surface area contributed by atoms with E-state index in [1.165, 1.54) is 55.2 Å². The molecule has 20 heavy (non-hydrogen) atoms. The summed E-state index contributed by atoms with van der Waals surface area (Å²) >= 11 is 0. The summed E-state index contributed by atoms with van der Waals surface area (Å²) in [6.07, 6.45) is 8.48. The van der Waals surface area contributed by atoms with Crippen LogP contribution in [0.4, 0.5) is 0 Å². The van der Waals surface area contributed by atoms with E-state index in [0.29, 0.717) is 6.04 Å². The van der Waals surface area contributed by atoms with Crippen molar-refractivity contribution in [2.75, 3.05) is 6.54 Å². The van der Waals surface area contributed by atoms with Crippen LogP contribution < -0.4 is 5.32 Å². The first-order valence-corrected chi connectivity index (χ1v) is 8.44. The van der Waals surface area contributed by atoms with Gasteiger partial charge in [-0.2, -0.15) is 0 Å². The standard InChI is InChI=1S/C19H31N/c1-5-20-19(17-10-8-6-7-9-11-17)18-15(3)12-14(2)13-16(18)4/h12-13,17,19-20H,5-11H2,1-4H3. The van der Waals surface area contributed by atoms with E-state index in [9.17, 15) is 0 Å². The van der Waals surface area contributed by atoms with E-state index in [1.807, 2.05) is 0 Å². The van der Waals surface area contributed by atoms with Crippen LogP contribution in [0.25, 0.3) is 0 Å². The molecule has 112 valence electrons. The first kappa shape index (κ1) is 15.6. The zero-order chi connectivity index (χ0) is 14.5. The zero-order valence-electron chi connectivity index (χ0n) is 13.8. The van der Waals surface area contributed by atoms with Crippen LogP contribution in [0.2, 0.25) is 0 Å². The predicted molar refractivity (Wildman–Crippen MR) is 88.3 cm³/mol. The van der Waals surface area contributed by atoms with Gasteiger partial charge in [0, 0.05) is 6.04 Å². The molecule has 0 radical (unpaired) electrons.